The number of rotatable bonds is 2. The van der Waals surface area contributed by atoms with E-state index in [4.69, 9.17) is 16.9 Å². The van der Waals surface area contributed by atoms with Crippen molar-refractivity contribution in [1.29, 1.82) is 5.26 Å². The number of nitriles is 1. The molecule has 80 valence electrons. The highest BCUT2D eigenvalue weighted by Gasteiger charge is 2.07. The Hall–Kier alpha value is -1.86. The SMILES string of the molecule is Cc1cc(-c2cnnn2CC#N)ccc1Cl. The van der Waals surface area contributed by atoms with Crippen molar-refractivity contribution in [2.24, 2.45) is 0 Å². The van der Waals surface area contributed by atoms with Crippen LogP contribution in [0, 0.1) is 18.3 Å². The van der Waals surface area contributed by atoms with Crippen molar-refractivity contribution in [2.45, 2.75) is 13.5 Å². The van der Waals surface area contributed by atoms with Crippen LogP contribution in [0.4, 0.5) is 0 Å². The van der Waals surface area contributed by atoms with E-state index in [0.29, 0.717) is 0 Å². The first-order valence-corrected chi connectivity index (χ1v) is 5.12. The second kappa shape index (κ2) is 4.33. The lowest BCUT2D eigenvalue weighted by Gasteiger charge is -2.04. The van der Waals surface area contributed by atoms with Crippen LogP contribution in [-0.2, 0) is 6.54 Å². The standard InChI is InChI=1S/C11H9ClN4/c1-8-6-9(2-3-10(8)12)11-7-14-15-16(11)5-4-13/h2-3,6-7H,5H2,1H3. The Balaban J connectivity index is 2.47. The molecule has 0 radical (unpaired) electrons. The second-order valence-electron chi connectivity index (χ2n) is 3.40. The van der Waals surface area contributed by atoms with Crippen LogP contribution < -0.4 is 0 Å². The molecule has 0 aliphatic heterocycles. The first-order valence-electron chi connectivity index (χ1n) is 4.74. The molecule has 5 heteroatoms. The third-order valence-corrected chi connectivity index (χ3v) is 2.72. The lowest BCUT2D eigenvalue weighted by Crippen LogP contribution is -2.00. The third kappa shape index (κ3) is 1.90. The molecular weight excluding hydrogens is 224 g/mol. The number of halogens is 1. The molecule has 0 saturated carbocycles. The molecule has 0 amide bonds. The van der Waals surface area contributed by atoms with E-state index >= 15 is 0 Å². The molecule has 2 aromatic rings. The number of nitrogens with zero attached hydrogens (tertiary/aromatic N) is 4. The minimum Gasteiger partial charge on any atom is -0.231 e. The van der Waals surface area contributed by atoms with Gasteiger partial charge in [0.1, 0.15) is 6.54 Å². The van der Waals surface area contributed by atoms with Crippen LogP contribution in [-0.4, -0.2) is 15.0 Å². The highest BCUT2D eigenvalue weighted by molar-refractivity contribution is 6.31. The normalized spacial score (nSPS) is 10.1. The molecule has 0 fully saturated rings. The molecule has 0 bridgehead atoms. The summed E-state index contributed by atoms with van der Waals surface area (Å²) in [4.78, 5) is 0. The van der Waals surface area contributed by atoms with Crippen molar-refractivity contribution >= 4 is 11.6 Å². The van der Waals surface area contributed by atoms with E-state index in [1.165, 1.54) is 0 Å². The van der Waals surface area contributed by atoms with Gasteiger partial charge in [0.15, 0.2) is 0 Å². The van der Waals surface area contributed by atoms with E-state index in [0.717, 1.165) is 21.8 Å². The van der Waals surface area contributed by atoms with Gasteiger partial charge in [-0.2, -0.15) is 5.26 Å². The monoisotopic (exact) mass is 232 g/mol. The Kier molecular flexibility index (Phi) is 2.88. The molecule has 0 atom stereocenters. The maximum atomic E-state index is 8.65. The Morgan fingerprint density at radius 3 is 3.00 bits per heavy atom. The van der Waals surface area contributed by atoms with Gasteiger partial charge in [-0.15, -0.1) is 5.10 Å². The van der Waals surface area contributed by atoms with Gasteiger partial charge < -0.3 is 0 Å². The van der Waals surface area contributed by atoms with Gasteiger partial charge in [-0.05, 0) is 24.6 Å². The van der Waals surface area contributed by atoms with Crippen molar-refractivity contribution in [3.05, 3.63) is 35.0 Å². The van der Waals surface area contributed by atoms with E-state index < -0.39 is 0 Å². The van der Waals surface area contributed by atoms with Crippen molar-refractivity contribution < 1.29 is 0 Å². The van der Waals surface area contributed by atoms with Crippen molar-refractivity contribution in [2.75, 3.05) is 0 Å². The van der Waals surface area contributed by atoms with Crippen LogP contribution in [0.3, 0.4) is 0 Å². The van der Waals surface area contributed by atoms with Gasteiger partial charge in [-0.3, -0.25) is 0 Å². The lowest BCUT2D eigenvalue weighted by molar-refractivity contribution is 0.674. The zero-order chi connectivity index (χ0) is 11.5. The molecule has 1 heterocycles. The topological polar surface area (TPSA) is 54.5 Å². The van der Waals surface area contributed by atoms with Crippen molar-refractivity contribution in [1.82, 2.24) is 15.0 Å². The fourth-order valence-electron chi connectivity index (χ4n) is 1.47. The molecule has 16 heavy (non-hydrogen) atoms. The lowest BCUT2D eigenvalue weighted by atomic mass is 10.1. The summed E-state index contributed by atoms with van der Waals surface area (Å²) in [6, 6.07) is 7.71. The molecule has 2 rings (SSSR count). The van der Waals surface area contributed by atoms with Gasteiger partial charge in [0.25, 0.3) is 0 Å². The number of hydrogen-bond acceptors (Lipinski definition) is 3. The summed E-state index contributed by atoms with van der Waals surface area (Å²) < 4.78 is 1.56. The number of aromatic nitrogens is 3. The average Bonchev–Trinajstić information content (AvgIpc) is 2.71. The van der Waals surface area contributed by atoms with Crippen LogP contribution in [0.15, 0.2) is 24.4 Å². The predicted molar refractivity (Wildman–Crippen MR) is 60.8 cm³/mol. The van der Waals surface area contributed by atoms with Gasteiger partial charge in [-0.1, -0.05) is 22.9 Å². The summed E-state index contributed by atoms with van der Waals surface area (Å²) in [5.74, 6) is 0. The molecule has 0 aliphatic rings. The molecule has 0 spiro atoms. The molecule has 0 saturated heterocycles. The first-order chi connectivity index (χ1) is 7.72. The minimum absolute atomic E-state index is 0.191. The predicted octanol–water partition coefficient (Wildman–Crippen LogP) is 2.43. The summed E-state index contributed by atoms with van der Waals surface area (Å²) in [5, 5.41) is 17.0. The summed E-state index contributed by atoms with van der Waals surface area (Å²) in [6.07, 6.45) is 1.64. The van der Waals surface area contributed by atoms with E-state index in [1.54, 1.807) is 10.9 Å². The maximum Gasteiger partial charge on any atom is 0.130 e. The van der Waals surface area contributed by atoms with Gasteiger partial charge in [0, 0.05) is 10.6 Å². The molecule has 0 unspecified atom stereocenters. The van der Waals surface area contributed by atoms with Gasteiger partial charge in [0.05, 0.1) is 18.0 Å². The van der Waals surface area contributed by atoms with Crippen LogP contribution in [0.1, 0.15) is 5.56 Å². The molecule has 1 aromatic carbocycles. The van der Waals surface area contributed by atoms with Gasteiger partial charge in [-0.25, -0.2) is 4.68 Å². The maximum absolute atomic E-state index is 8.65. The van der Waals surface area contributed by atoms with Crippen molar-refractivity contribution in [3.63, 3.8) is 0 Å². The van der Waals surface area contributed by atoms with Crippen LogP contribution in [0.2, 0.25) is 5.02 Å². The number of benzene rings is 1. The van der Waals surface area contributed by atoms with Gasteiger partial charge >= 0.3 is 0 Å². The van der Waals surface area contributed by atoms with Crippen LogP contribution >= 0.6 is 11.6 Å². The van der Waals surface area contributed by atoms with Crippen molar-refractivity contribution in [3.8, 4) is 17.3 Å². The number of aryl methyl sites for hydroxylation is 1. The van der Waals surface area contributed by atoms with E-state index in [1.807, 2.05) is 31.2 Å². The molecule has 1 aromatic heterocycles. The van der Waals surface area contributed by atoms with Crippen LogP contribution in [0.5, 0.6) is 0 Å². The van der Waals surface area contributed by atoms with E-state index in [2.05, 4.69) is 10.3 Å². The van der Waals surface area contributed by atoms with E-state index in [-0.39, 0.29) is 6.54 Å². The molecular formula is C11H9ClN4. The first kappa shape index (κ1) is 10.7. The molecule has 0 aliphatic carbocycles. The smallest absolute Gasteiger partial charge is 0.130 e. The third-order valence-electron chi connectivity index (χ3n) is 2.29. The summed E-state index contributed by atoms with van der Waals surface area (Å²) in [7, 11) is 0. The zero-order valence-electron chi connectivity index (χ0n) is 8.68. The fraction of sp³-hybridized carbons (Fsp3) is 0.182. The Morgan fingerprint density at radius 2 is 2.31 bits per heavy atom. The fourth-order valence-corrected chi connectivity index (χ4v) is 1.59. The number of hydrogen-bond donors (Lipinski definition) is 0. The highest BCUT2D eigenvalue weighted by atomic mass is 35.5. The Bertz CT molecular complexity index is 553. The van der Waals surface area contributed by atoms with E-state index in [9.17, 15) is 0 Å². The average molecular weight is 233 g/mol. The largest absolute Gasteiger partial charge is 0.231 e. The summed E-state index contributed by atoms with van der Waals surface area (Å²) in [6.45, 7) is 2.13. The van der Waals surface area contributed by atoms with Crippen LogP contribution in [0.25, 0.3) is 11.3 Å². The highest BCUT2D eigenvalue weighted by Crippen LogP contribution is 2.23. The Morgan fingerprint density at radius 1 is 1.50 bits per heavy atom. The zero-order valence-corrected chi connectivity index (χ0v) is 9.44. The Labute approximate surface area is 98.1 Å². The summed E-state index contributed by atoms with van der Waals surface area (Å²) >= 11 is 5.95. The molecule has 4 nitrogen and oxygen atoms in total. The molecule has 0 N–H and O–H groups in total. The summed E-state index contributed by atoms with van der Waals surface area (Å²) in [5.41, 5.74) is 2.77. The second-order valence-corrected chi connectivity index (χ2v) is 3.81. The quantitative estimate of drug-likeness (QED) is 0.799. The van der Waals surface area contributed by atoms with Gasteiger partial charge in [0.2, 0.25) is 0 Å². The minimum atomic E-state index is 0.191.